The second-order valence-electron chi connectivity index (χ2n) is 2.46. The van der Waals surface area contributed by atoms with Gasteiger partial charge in [0, 0.05) is 0 Å². The minimum Gasteiger partial charge on any atom is -0.322 e. The van der Waals surface area contributed by atoms with E-state index < -0.39 is 0 Å². The number of carbonyl (C=O) groups is 1. The van der Waals surface area contributed by atoms with Gasteiger partial charge < -0.3 is 5.73 Å². The van der Waals surface area contributed by atoms with E-state index >= 15 is 0 Å². The molecule has 2 nitrogen and oxygen atoms in total. The molecule has 3 heteroatoms. The summed E-state index contributed by atoms with van der Waals surface area (Å²) in [5, 5.41) is 0. The third kappa shape index (κ3) is 4.58. The maximum Gasteiger partial charge on any atom is 0.146 e. The molecule has 0 aromatic heterocycles. The van der Waals surface area contributed by atoms with Gasteiger partial charge in [0.1, 0.15) is 5.78 Å². The number of carbonyl (C=O) groups excluding carboxylic acids is 1. The van der Waals surface area contributed by atoms with Crippen molar-refractivity contribution in [3.8, 4) is 0 Å². The second-order valence-corrected chi connectivity index (χ2v) is 3.15. The Morgan fingerprint density at radius 2 is 2.10 bits per heavy atom. The van der Waals surface area contributed by atoms with Crippen LogP contribution in [0.15, 0.2) is 0 Å². The van der Waals surface area contributed by atoms with E-state index in [1.165, 1.54) is 6.92 Å². The third-order valence-corrected chi connectivity index (χ3v) is 1.53. The van der Waals surface area contributed by atoms with Crippen LogP contribution in [0.4, 0.5) is 0 Å². The quantitative estimate of drug-likeness (QED) is 0.624. The van der Waals surface area contributed by atoms with Gasteiger partial charge in [-0.05, 0) is 31.6 Å². The Hall–Kier alpha value is -0.280. The number of rotatable bonds is 4. The molecule has 0 rings (SSSR count). The number of ketones is 1. The molecule has 0 aliphatic heterocycles. The molecule has 0 saturated heterocycles. The van der Waals surface area contributed by atoms with Gasteiger partial charge in [-0.25, -0.2) is 0 Å². The lowest BCUT2D eigenvalue weighted by molar-refractivity contribution is -0.118. The van der Waals surface area contributed by atoms with Crippen molar-refractivity contribution in [3.63, 3.8) is 0 Å². The Labute approximate surface area is 66.8 Å². The van der Waals surface area contributed by atoms with Gasteiger partial charge in [-0.1, -0.05) is 12.2 Å². The molecule has 0 fully saturated rings. The molecule has 1 atom stereocenters. The van der Waals surface area contributed by atoms with Gasteiger partial charge in [-0.3, -0.25) is 4.79 Å². The van der Waals surface area contributed by atoms with E-state index in [1.807, 2.05) is 6.92 Å². The Morgan fingerprint density at radius 3 is 2.40 bits per heavy atom. The molecule has 0 spiro atoms. The maximum absolute atomic E-state index is 10.6. The molecule has 1 unspecified atom stereocenters. The van der Waals surface area contributed by atoms with Crippen LogP contribution in [-0.4, -0.2) is 16.7 Å². The monoisotopic (exact) mass is 159 g/mol. The molecule has 0 aliphatic rings. The molecule has 2 N–H and O–H groups in total. The lowest BCUT2D eigenvalue weighted by atomic mass is 10.1. The van der Waals surface area contributed by atoms with Crippen LogP contribution in [-0.2, 0) is 4.79 Å². The topological polar surface area (TPSA) is 43.1 Å². The van der Waals surface area contributed by atoms with E-state index in [-0.39, 0.29) is 11.8 Å². The summed E-state index contributed by atoms with van der Waals surface area (Å²) < 4.78 is 0. The van der Waals surface area contributed by atoms with E-state index in [9.17, 15) is 4.79 Å². The molecule has 0 saturated carbocycles. The summed E-state index contributed by atoms with van der Waals surface area (Å²) in [7, 11) is 0. The van der Waals surface area contributed by atoms with Crippen LogP contribution < -0.4 is 5.73 Å². The van der Waals surface area contributed by atoms with Gasteiger partial charge in [0.15, 0.2) is 0 Å². The normalized spacial score (nSPS) is 12.7. The van der Waals surface area contributed by atoms with Crippen LogP contribution in [0, 0.1) is 0 Å². The van der Waals surface area contributed by atoms with Crippen LogP contribution >= 0.6 is 12.2 Å². The van der Waals surface area contributed by atoms with Gasteiger partial charge in [0.2, 0.25) is 0 Å². The fourth-order valence-electron chi connectivity index (χ4n) is 0.562. The summed E-state index contributed by atoms with van der Waals surface area (Å²) in [5.74, 6) is 0.0382. The summed E-state index contributed by atoms with van der Waals surface area (Å²) in [6, 6.07) is -0.321. The average molecular weight is 159 g/mol. The zero-order valence-corrected chi connectivity index (χ0v) is 7.20. The van der Waals surface area contributed by atoms with Crippen molar-refractivity contribution < 1.29 is 4.79 Å². The third-order valence-electron chi connectivity index (χ3n) is 1.33. The maximum atomic E-state index is 10.6. The number of thiocarbonyl (C=S) groups is 1. The molecule has 0 amide bonds. The van der Waals surface area contributed by atoms with Crippen molar-refractivity contribution in [2.75, 3.05) is 0 Å². The van der Waals surface area contributed by atoms with Crippen LogP contribution in [0.5, 0.6) is 0 Å². The smallest absolute Gasteiger partial charge is 0.146 e. The number of hydrogen-bond donors (Lipinski definition) is 1. The van der Waals surface area contributed by atoms with Gasteiger partial charge in [-0.15, -0.1) is 0 Å². The van der Waals surface area contributed by atoms with Crippen molar-refractivity contribution in [2.24, 2.45) is 5.73 Å². The van der Waals surface area contributed by atoms with Crippen molar-refractivity contribution >= 4 is 22.9 Å². The number of Topliss-reactive ketones (excluding diaryl/α,β-unsaturated/α-hetero) is 1. The first-order chi connectivity index (χ1) is 4.54. The zero-order valence-electron chi connectivity index (χ0n) is 6.39. The Morgan fingerprint density at radius 1 is 1.60 bits per heavy atom. The molecule has 0 heterocycles. The highest BCUT2D eigenvalue weighted by Gasteiger charge is 2.06. The first kappa shape index (κ1) is 9.72. The molecule has 0 bridgehead atoms. The second kappa shape index (κ2) is 4.52. The zero-order chi connectivity index (χ0) is 8.15. The summed E-state index contributed by atoms with van der Waals surface area (Å²) >= 11 is 4.83. The SMILES string of the molecule is CC(=O)C(N)CCC(C)=S. The Balaban J connectivity index is 3.49. The number of hydrogen-bond acceptors (Lipinski definition) is 3. The highest BCUT2D eigenvalue weighted by molar-refractivity contribution is 7.80. The van der Waals surface area contributed by atoms with Crippen molar-refractivity contribution in [1.29, 1.82) is 0 Å². The standard InChI is InChI=1S/C7H13NOS/c1-5(10)3-4-7(8)6(2)9/h7H,3-4,8H2,1-2H3. The van der Waals surface area contributed by atoms with Gasteiger partial charge in [-0.2, -0.15) is 0 Å². The van der Waals surface area contributed by atoms with E-state index in [1.54, 1.807) is 0 Å². The molecule has 10 heavy (non-hydrogen) atoms. The number of nitrogens with two attached hydrogens (primary N) is 1. The average Bonchev–Trinajstić information content (AvgIpc) is 1.82. The molecular formula is C7H13NOS. The molecule has 0 aliphatic carbocycles. The molecule has 0 aromatic rings. The van der Waals surface area contributed by atoms with E-state index in [2.05, 4.69) is 0 Å². The first-order valence-electron chi connectivity index (χ1n) is 3.29. The largest absolute Gasteiger partial charge is 0.322 e. The van der Waals surface area contributed by atoms with Gasteiger partial charge in [0.05, 0.1) is 6.04 Å². The van der Waals surface area contributed by atoms with Crippen molar-refractivity contribution in [2.45, 2.75) is 32.7 Å². The highest BCUT2D eigenvalue weighted by Crippen LogP contribution is 1.97. The summed E-state index contributed by atoms with van der Waals surface area (Å²) in [6.07, 6.45) is 1.46. The van der Waals surface area contributed by atoms with Crippen LogP contribution in [0.2, 0.25) is 0 Å². The first-order valence-corrected chi connectivity index (χ1v) is 3.70. The van der Waals surface area contributed by atoms with Crippen LogP contribution in [0.25, 0.3) is 0 Å². The van der Waals surface area contributed by atoms with E-state index in [4.69, 9.17) is 18.0 Å². The van der Waals surface area contributed by atoms with Crippen molar-refractivity contribution in [3.05, 3.63) is 0 Å². The lowest BCUT2D eigenvalue weighted by Crippen LogP contribution is -2.28. The predicted octanol–water partition coefficient (Wildman–Crippen LogP) is 1.07. The van der Waals surface area contributed by atoms with E-state index in [0.29, 0.717) is 6.42 Å². The minimum absolute atomic E-state index is 0.0382. The van der Waals surface area contributed by atoms with Crippen LogP contribution in [0.1, 0.15) is 26.7 Å². The Kier molecular flexibility index (Phi) is 4.40. The summed E-state index contributed by atoms with van der Waals surface area (Å²) in [4.78, 5) is 11.5. The predicted molar refractivity (Wildman–Crippen MR) is 46.2 cm³/mol. The lowest BCUT2D eigenvalue weighted by Gasteiger charge is -2.04. The molecular weight excluding hydrogens is 146 g/mol. The highest BCUT2D eigenvalue weighted by atomic mass is 32.1. The molecule has 0 aromatic carbocycles. The van der Waals surface area contributed by atoms with Gasteiger partial charge >= 0.3 is 0 Å². The van der Waals surface area contributed by atoms with Crippen molar-refractivity contribution in [1.82, 2.24) is 0 Å². The summed E-state index contributed by atoms with van der Waals surface area (Å²) in [5.41, 5.74) is 5.46. The Bertz CT molecular complexity index is 145. The fourth-order valence-corrected chi connectivity index (χ4v) is 0.680. The molecule has 0 radical (unpaired) electrons. The summed E-state index contributed by atoms with van der Waals surface area (Å²) in [6.45, 7) is 3.37. The minimum atomic E-state index is -0.321. The van der Waals surface area contributed by atoms with Gasteiger partial charge in [0.25, 0.3) is 0 Å². The fraction of sp³-hybridized carbons (Fsp3) is 0.714. The molecule has 58 valence electrons. The van der Waals surface area contributed by atoms with E-state index in [0.717, 1.165) is 11.3 Å². The van der Waals surface area contributed by atoms with Crippen LogP contribution in [0.3, 0.4) is 0 Å².